The fourth-order valence-corrected chi connectivity index (χ4v) is 3.41. The normalized spacial score (nSPS) is 36.1. The number of hydrogen-bond donors (Lipinski definition) is 1. The molecule has 1 unspecified atom stereocenters. The molecule has 0 aromatic carbocycles. The molecule has 0 saturated carbocycles. The lowest BCUT2D eigenvalue weighted by Crippen LogP contribution is -2.46. The van der Waals surface area contributed by atoms with Crippen LogP contribution in [0.15, 0.2) is 0 Å². The summed E-state index contributed by atoms with van der Waals surface area (Å²) >= 11 is 1.48. The molecule has 5 heteroatoms. The van der Waals surface area contributed by atoms with E-state index in [0.29, 0.717) is 11.9 Å². The second-order valence-electron chi connectivity index (χ2n) is 4.24. The highest BCUT2D eigenvalue weighted by Gasteiger charge is 2.36. The van der Waals surface area contributed by atoms with Gasteiger partial charge >= 0.3 is 0 Å². The standard InChI is InChI=1S/C9H14N4S/c10-9-11-8(14-12-9)7-5-13-3-1-6(7)2-4-13/h6-7H,1-5H2,(H2,10,12). The van der Waals surface area contributed by atoms with E-state index < -0.39 is 0 Å². The van der Waals surface area contributed by atoms with Crippen LogP contribution < -0.4 is 5.73 Å². The molecule has 2 bridgehead atoms. The molecule has 0 radical (unpaired) electrons. The van der Waals surface area contributed by atoms with E-state index in [1.807, 2.05) is 0 Å². The van der Waals surface area contributed by atoms with Crippen molar-refractivity contribution < 1.29 is 0 Å². The maximum atomic E-state index is 5.56. The van der Waals surface area contributed by atoms with Crippen molar-refractivity contribution in [1.29, 1.82) is 0 Å². The van der Waals surface area contributed by atoms with Crippen LogP contribution in [0.2, 0.25) is 0 Å². The topological polar surface area (TPSA) is 55.0 Å². The van der Waals surface area contributed by atoms with E-state index in [1.54, 1.807) is 0 Å². The first kappa shape index (κ1) is 8.61. The lowest BCUT2D eigenvalue weighted by molar-refractivity contribution is 0.0870. The molecule has 1 aromatic heterocycles. The van der Waals surface area contributed by atoms with Gasteiger partial charge in [0, 0.05) is 12.5 Å². The van der Waals surface area contributed by atoms with E-state index in [0.717, 1.165) is 10.9 Å². The minimum atomic E-state index is 0.446. The summed E-state index contributed by atoms with van der Waals surface area (Å²) in [6.07, 6.45) is 2.65. The van der Waals surface area contributed by atoms with Crippen molar-refractivity contribution in [2.75, 3.05) is 25.4 Å². The highest BCUT2D eigenvalue weighted by Crippen LogP contribution is 2.39. The van der Waals surface area contributed by atoms with Gasteiger partial charge in [-0.15, -0.1) is 0 Å². The molecule has 4 rings (SSSR count). The van der Waals surface area contributed by atoms with Crippen molar-refractivity contribution in [3.8, 4) is 0 Å². The summed E-state index contributed by atoms with van der Waals surface area (Å²) in [5.41, 5.74) is 5.56. The number of anilines is 1. The lowest BCUT2D eigenvalue weighted by Gasteiger charge is -2.43. The van der Waals surface area contributed by atoms with Crippen LogP contribution in [0.5, 0.6) is 0 Å². The van der Waals surface area contributed by atoms with Crippen LogP contribution in [-0.4, -0.2) is 33.9 Å². The summed E-state index contributed by atoms with van der Waals surface area (Å²) in [5, 5.41) is 1.15. The predicted molar refractivity (Wildman–Crippen MR) is 56.2 cm³/mol. The number of aromatic nitrogens is 2. The van der Waals surface area contributed by atoms with E-state index in [-0.39, 0.29) is 0 Å². The average Bonchev–Trinajstić information content (AvgIpc) is 2.66. The molecule has 4 nitrogen and oxygen atoms in total. The van der Waals surface area contributed by atoms with Crippen LogP contribution in [0.3, 0.4) is 0 Å². The number of nitrogen functional groups attached to an aromatic ring is 1. The number of nitrogens with two attached hydrogens (primary N) is 1. The van der Waals surface area contributed by atoms with E-state index in [1.165, 1.54) is 44.0 Å². The molecule has 4 heterocycles. The Kier molecular flexibility index (Phi) is 1.95. The van der Waals surface area contributed by atoms with Gasteiger partial charge in [-0.3, -0.25) is 0 Å². The summed E-state index contributed by atoms with van der Waals surface area (Å²) in [5.74, 6) is 1.88. The Balaban J connectivity index is 1.85. The van der Waals surface area contributed by atoms with Crippen LogP contribution in [0, 0.1) is 5.92 Å². The zero-order valence-corrected chi connectivity index (χ0v) is 8.83. The fourth-order valence-electron chi connectivity index (χ4n) is 2.64. The predicted octanol–water partition coefficient (Wildman–Crippen LogP) is 0.929. The Morgan fingerprint density at radius 1 is 1.36 bits per heavy atom. The van der Waals surface area contributed by atoms with E-state index >= 15 is 0 Å². The Bertz CT molecular complexity index is 329. The molecule has 3 saturated heterocycles. The molecule has 0 spiro atoms. The van der Waals surface area contributed by atoms with Gasteiger partial charge < -0.3 is 10.6 Å². The highest BCUT2D eigenvalue weighted by atomic mass is 32.1. The van der Waals surface area contributed by atoms with Crippen molar-refractivity contribution in [1.82, 2.24) is 14.3 Å². The first-order chi connectivity index (χ1) is 6.83. The summed E-state index contributed by atoms with van der Waals surface area (Å²) in [6, 6.07) is 0. The Morgan fingerprint density at radius 2 is 2.14 bits per heavy atom. The Labute approximate surface area is 87.3 Å². The molecule has 1 atom stereocenters. The first-order valence-electron chi connectivity index (χ1n) is 5.14. The SMILES string of the molecule is Nc1nsc(C2CN3CCC2CC3)n1. The first-order valence-corrected chi connectivity index (χ1v) is 5.92. The smallest absolute Gasteiger partial charge is 0.232 e. The third-order valence-electron chi connectivity index (χ3n) is 3.43. The molecule has 76 valence electrons. The maximum Gasteiger partial charge on any atom is 0.232 e. The molecule has 3 aliphatic heterocycles. The van der Waals surface area contributed by atoms with Crippen LogP contribution in [0.1, 0.15) is 23.8 Å². The van der Waals surface area contributed by atoms with Gasteiger partial charge in [-0.05, 0) is 43.4 Å². The molecular formula is C9H14N4S. The number of hydrogen-bond acceptors (Lipinski definition) is 5. The maximum absolute atomic E-state index is 5.56. The largest absolute Gasteiger partial charge is 0.367 e. The third-order valence-corrected chi connectivity index (χ3v) is 4.29. The van der Waals surface area contributed by atoms with Crippen LogP contribution in [-0.2, 0) is 0 Å². The number of rotatable bonds is 1. The van der Waals surface area contributed by atoms with Crippen molar-refractivity contribution in [2.45, 2.75) is 18.8 Å². The molecule has 3 aliphatic rings. The molecule has 2 N–H and O–H groups in total. The van der Waals surface area contributed by atoms with Crippen molar-refractivity contribution in [3.05, 3.63) is 5.01 Å². The van der Waals surface area contributed by atoms with Gasteiger partial charge in [-0.25, -0.2) is 4.98 Å². The zero-order valence-electron chi connectivity index (χ0n) is 8.02. The van der Waals surface area contributed by atoms with Gasteiger partial charge in [0.1, 0.15) is 5.01 Å². The number of piperidine rings is 3. The fraction of sp³-hybridized carbons (Fsp3) is 0.778. The zero-order chi connectivity index (χ0) is 9.54. The molecule has 3 fully saturated rings. The van der Waals surface area contributed by atoms with Gasteiger partial charge in [0.05, 0.1) is 0 Å². The Hall–Kier alpha value is -0.680. The van der Waals surface area contributed by atoms with E-state index in [2.05, 4.69) is 14.3 Å². The minimum absolute atomic E-state index is 0.446. The molecule has 0 aliphatic carbocycles. The summed E-state index contributed by atoms with van der Waals surface area (Å²) < 4.78 is 4.07. The number of fused-ring (bicyclic) bond motifs is 3. The van der Waals surface area contributed by atoms with Crippen LogP contribution in [0.25, 0.3) is 0 Å². The van der Waals surface area contributed by atoms with Gasteiger partial charge in [0.15, 0.2) is 0 Å². The molecule has 0 amide bonds. The van der Waals surface area contributed by atoms with E-state index in [4.69, 9.17) is 5.73 Å². The highest BCUT2D eigenvalue weighted by molar-refractivity contribution is 7.05. The third kappa shape index (κ3) is 1.31. The number of nitrogens with zero attached hydrogens (tertiary/aromatic N) is 3. The second kappa shape index (κ2) is 3.17. The van der Waals surface area contributed by atoms with Gasteiger partial charge in [-0.2, -0.15) is 4.37 Å². The molecule has 14 heavy (non-hydrogen) atoms. The average molecular weight is 210 g/mol. The lowest BCUT2D eigenvalue weighted by atomic mass is 9.79. The Morgan fingerprint density at radius 3 is 2.64 bits per heavy atom. The van der Waals surface area contributed by atoms with Crippen molar-refractivity contribution in [3.63, 3.8) is 0 Å². The quantitative estimate of drug-likeness (QED) is 0.749. The van der Waals surface area contributed by atoms with Crippen LogP contribution in [0.4, 0.5) is 5.95 Å². The minimum Gasteiger partial charge on any atom is -0.367 e. The van der Waals surface area contributed by atoms with Crippen molar-refractivity contribution in [2.24, 2.45) is 5.92 Å². The molecular weight excluding hydrogens is 196 g/mol. The van der Waals surface area contributed by atoms with Crippen molar-refractivity contribution >= 4 is 17.5 Å². The van der Waals surface area contributed by atoms with Gasteiger partial charge in [0.25, 0.3) is 0 Å². The summed E-state index contributed by atoms with van der Waals surface area (Å²) in [4.78, 5) is 6.84. The monoisotopic (exact) mass is 210 g/mol. The summed E-state index contributed by atoms with van der Waals surface area (Å²) in [6.45, 7) is 3.71. The molecule has 1 aromatic rings. The van der Waals surface area contributed by atoms with Crippen LogP contribution >= 0.6 is 11.5 Å². The summed E-state index contributed by atoms with van der Waals surface area (Å²) in [7, 11) is 0. The van der Waals surface area contributed by atoms with E-state index in [9.17, 15) is 0 Å². The van der Waals surface area contributed by atoms with Gasteiger partial charge in [-0.1, -0.05) is 0 Å². The second-order valence-corrected chi connectivity index (χ2v) is 5.02. The van der Waals surface area contributed by atoms with Gasteiger partial charge in [0.2, 0.25) is 5.95 Å².